The quantitative estimate of drug-likeness (QED) is 0.692. The molecule has 0 saturated carbocycles. The summed E-state index contributed by atoms with van der Waals surface area (Å²) in [4.78, 5) is 13.4. The normalized spacial score (nSPS) is 10.3. The molecule has 0 aliphatic rings. The van der Waals surface area contributed by atoms with Crippen LogP contribution < -0.4 is 10.1 Å². The third-order valence-electron chi connectivity index (χ3n) is 3.02. The van der Waals surface area contributed by atoms with Crippen LogP contribution in [0.3, 0.4) is 0 Å². The molecule has 0 bridgehead atoms. The minimum Gasteiger partial charge on any atom is -0.483 e. The van der Waals surface area contributed by atoms with E-state index in [9.17, 15) is 4.79 Å². The number of likely N-dealkylation sites (N-methyl/N-ethyl adjacent to an activating group) is 1. The molecular formula is C15H24N2O3. The predicted octanol–water partition coefficient (Wildman–Crippen LogP) is 1.28. The summed E-state index contributed by atoms with van der Waals surface area (Å²) < 4.78 is 10.6. The predicted molar refractivity (Wildman–Crippen MR) is 78.8 cm³/mol. The minimum atomic E-state index is -0.0188. The molecule has 5 nitrogen and oxygen atoms in total. The van der Waals surface area contributed by atoms with Gasteiger partial charge in [0.15, 0.2) is 6.61 Å². The van der Waals surface area contributed by atoms with Crippen LogP contribution in [0.5, 0.6) is 5.75 Å². The van der Waals surface area contributed by atoms with Crippen molar-refractivity contribution in [2.24, 2.45) is 0 Å². The molecule has 0 atom stereocenters. The Morgan fingerprint density at radius 2 is 2.10 bits per heavy atom. The summed E-state index contributed by atoms with van der Waals surface area (Å²) in [6, 6.07) is 7.73. The van der Waals surface area contributed by atoms with E-state index in [1.54, 1.807) is 19.1 Å². The number of amides is 1. The number of para-hydroxylation sites is 1. The zero-order valence-electron chi connectivity index (χ0n) is 12.5. The van der Waals surface area contributed by atoms with Crippen LogP contribution in [0.1, 0.15) is 12.5 Å². The Morgan fingerprint density at radius 1 is 1.35 bits per heavy atom. The fourth-order valence-corrected chi connectivity index (χ4v) is 1.61. The lowest BCUT2D eigenvalue weighted by Gasteiger charge is -2.16. The molecule has 0 saturated heterocycles. The minimum absolute atomic E-state index is 0.0188. The van der Waals surface area contributed by atoms with Crippen LogP contribution in [-0.4, -0.2) is 51.3 Å². The number of ether oxygens (including phenoxy) is 2. The third kappa shape index (κ3) is 5.59. The van der Waals surface area contributed by atoms with Gasteiger partial charge in [0.1, 0.15) is 5.75 Å². The van der Waals surface area contributed by atoms with Gasteiger partial charge < -0.3 is 19.7 Å². The van der Waals surface area contributed by atoms with Gasteiger partial charge in [-0.05, 0) is 13.0 Å². The standard InChI is InChI=1S/C15H24N2O3/c1-4-17(2)15(18)12-20-14-8-6-5-7-13(14)11-16-9-10-19-3/h5-8,16H,4,9-12H2,1-3H3. The van der Waals surface area contributed by atoms with Crippen molar-refractivity contribution in [3.8, 4) is 5.75 Å². The zero-order chi connectivity index (χ0) is 14.8. The highest BCUT2D eigenvalue weighted by Gasteiger charge is 2.09. The summed E-state index contributed by atoms with van der Waals surface area (Å²) in [6.45, 7) is 4.83. The Morgan fingerprint density at radius 3 is 2.80 bits per heavy atom. The molecule has 5 heteroatoms. The van der Waals surface area contributed by atoms with Gasteiger partial charge in [-0.25, -0.2) is 0 Å². The number of benzene rings is 1. The summed E-state index contributed by atoms with van der Waals surface area (Å²) >= 11 is 0. The van der Waals surface area contributed by atoms with Crippen LogP contribution >= 0.6 is 0 Å². The molecule has 1 amide bonds. The van der Waals surface area contributed by atoms with E-state index in [-0.39, 0.29) is 12.5 Å². The van der Waals surface area contributed by atoms with E-state index in [0.717, 1.165) is 17.9 Å². The zero-order valence-corrected chi connectivity index (χ0v) is 12.5. The largest absolute Gasteiger partial charge is 0.483 e. The average molecular weight is 280 g/mol. The maximum absolute atomic E-state index is 11.7. The highest BCUT2D eigenvalue weighted by molar-refractivity contribution is 5.77. The van der Waals surface area contributed by atoms with E-state index in [1.807, 2.05) is 31.2 Å². The molecule has 0 aliphatic heterocycles. The highest BCUT2D eigenvalue weighted by atomic mass is 16.5. The van der Waals surface area contributed by atoms with Crippen LogP contribution in [0.4, 0.5) is 0 Å². The second-order valence-electron chi connectivity index (χ2n) is 4.47. The van der Waals surface area contributed by atoms with Gasteiger partial charge in [-0.2, -0.15) is 0 Å². The van der Waals surface area contributed by atoms with E-state index >= 15 is 0 Å². The molecule has 20 heavy (non-hydrogen) atoms. The Bertz CT molecular complexity index is 410. The van der Waals surface area contributed by atoms with Gasteiger partial charge in [0, 0.05) is 39.4 Å². The van der Waals surface area contributed by atoms with Gasteiger partial charge >= 0.3 is 0 Å². The van der Waals surface area contributed by atoms with Crippen molar-refractivity contribution < 1.29 is 14.3 Å². The Kier molecular flexibility index (Phi) is 7.69. The monoisotopic (exact) mass is 280 g/mol. The van der Waals surface area contributed by atoms with E-state index in [0.29, 0.717) is 19.7 Å². The van der Waals surface area contributed by atoms with Crippen molar-refractivity contribution in [2.75, 3.05) is 40.5 Å². The second kappa shape index (κ2) is 9.34. The number of methoxy groups -OCH3 is 1. The number of nitrogens with one attached hydrogen (secondary N) is 1. The first-order valence-corrected chi connectivity index (χ1v) is 6.83. The average Bonchev–Trinajstić information content (AvgIpc) is 2.49. The molecule has 112 valence electrons. The Balaban J connectivity index is 2.50. The molecule has 1 N–H and O–H groups in total. The van der Waals surface area contributed by atoms with Gasteiger partial charge in [0.2, 0.25) is 0 Å². The molecule has 0 heterocycles. The first kappa shape index (κ1) is 16.5. The molecule has 0 aromatic heterocycles. The second-order valence-corrected chi connectivity index (χ2v) is 4.47. The van der Waals surface area contributed by atoms with E-state index in [4.69, 9.17) is 9.47 Å². The number of nitrogens with zero attached hydrogens (tertiary/aromatic N) is 1. The highest BCUT2D eigenvalue weighted by Crippen LogP contribution is 2.17. The Labute approximate surface area is 120 Å². The van der Waals surface area contributed by atoms with Crippen molar-refractivity contribution in [2.45, 2.75) is 13.5 Å². The van der Waals surface area contributed by atoms with Gasteiger partial charge in [-0.15, -0.1) is 0 Å². The molecule has 0 unspecified atom stereocenters. The fourth-order valence-electron chi connectivity index (χ4n) is 1.61. The molecule has 0 radical (unpaired) electrons. The lowest BCUT2D eigenvalue weighted by atomic mass is 10.2. The van der Waals surface area contributed by atoms with Crippen LogP contribution in [0.2, 0.25) is 0 Å². The third-order valence-corrected chi connectivity index (χ3v) is 3.02. The van der Waals surface area contributed by atoms with Crippen molar-refractivity contribution >= 4 is 5.91 Å². The summed E-state index contributed by atoms with van der Waals surface area (Å²) in [5.74, 6) is 0.727. The first-order valence-electron chi connectivity index (χ1n) is 6.83. The number of hydrogen-bond acceptors (Lipinski definition) is 4. The topological polar surface area (TPSA) is 50.8 Å². The van der Waals surface area contributed by atoms with Crippen LogP contribution in [0.15, 0.2) is 24.3 Å². The molecule has 1 rings (SSSR count). The van der Waals surface area contributed by atoms with Gasteiger partial charge in [-0.1, -0.05) is 18.2 Å². The molecule has 0 fully saturated rings. The fraction of sp³-hybridized carbons (Fsp3) is 0.533. The van der Waals surface area contributed by atoms with Gasteiger partial charge in [0.25, 0.3) is 5.91 Å². The maximum Gasteiger partial charge on any atom is 0.260 e. The van der Waals surface area contributed by atoms with Crippen LogP contribution in [0.25, 0.3) is 0 Å². The van der Waals surface area contributed by atoms with Crippen molar-refractivity contribution in [3.05, 3.63) is 29.8 Å². The number of carbonyl (C=O) groups is 1. The summed E-state index contributed by atoms with van der Waals surface area (Å²) in [6.07, 6.45) is 0. The van der Waals surface area contributed by atoms with Crippen molar-refractivity contribution in [1.29, 1.82) is 0 Å². The molecule has 0 aliphatic carbocycles. The smallest absolute Gasteiger partial charge is 0.260 e. The maximum atomic E-state index is 11.7. The van der Waals surface area contributed by atoms with Crippen LogP contribution in [-0.2, 0) is 16.1 Å². The Hall–Kier alpha value is -1.59. The van der Waals surface area contributed by atoms with Gasteiger partial charge in [0.05, 0.1) is 6.61 Å². The molecule has 1 aromatic rings. The van der Waals surface area contributed by atoms with Crippen LogP contribution in [0, 0.1) is 0 Å². The number of hydrogen-bond donors (Lipinski definition) is 1. The van der Waals surface area contributed by atoms with Gasteiger partial charge in [-0.3, -0.25) is 4.79 Å². The van der Waals surface area contributed by atoms with Crippen molar-refractivity contribution in [3.63, 3.8) is 0 Å². The van der Waals surface area contributed by atoms with E-state index in [1.165, 1.54) is 0 Å². The van der Waals surface area contributed by atoms with E-state index < -0.39 is 0 Å². The first-order chi connectivity index (χ1) is 9.69. The summed E-state index contributed by atoms with van der Waals surface area (Å²) in [5, 5.41) is 3.26. The molecule has 0 spiro atoms. The number of carbonyl (C=O) groups excluding carboxylic acids is 1. The van der Waals surface area contributed by atoms with E-state index in [2.05, 4.69) is 5.32 Å². The van der Waals surface area contributed by atoms with Crippen molar-refractivity contribution in [1.82, 2.24) is 10.2 Å². The molecular weight excluding hydrogens is 256 g/mol. The molecule has 1 aromatic carbocycles. The SMILES string of the molecule is CCN(C)C(=O)COc1ccccc1CNCCOC. The summed E-state index contributed by atoms with van der Waals surface area (Å²) in [7, 11) is 3.44. The number of rotatable bonds is 9. The lowest BCUT2D eigenvalue weighted by molar-refractivity contribution is -0.131. The lowest BCUT2D eigenvalue weighted by Crippen LogP contribution is -2.31. The summed E-state index contributed by atoms with van der Waals surface area (Å²) in [5.41, 5.74) is 1.04.